The van der Waals surface area contributed by atoms with Gasteiger partial charge in [0.2, 0.25) is 53.2 Å². The Labute approximate surface area is 478 Å². The molecule has 13 atom stereocenters. The van der Waals surface area contributed by atoms with Gasteiger partial charge in [-0.1, -0.05) is 128 Å². The molecule has 0 aromatic rings. The van der Waals surface area contributed by atoms with Crippen LogP contribution in [0, 0.1) is 29.6 Å². The van der Waals surface area contributed by atoms with Crippen LogP contribution < -0.4 is 47.9 Å². The Morgan fingerprint density at radius 3 is 1.52 bits per heavy atom. The number of carbonyl (C=O) groups is 11. The maximum atomic E-state index is 14.8. The molecule has 9 amide bonds. The highest BCUT2D eigenvalue weighted by Crippen LogP contribution is 2.18. The summed E-state index contributed by atoms with van der Waals surface area (Å²) in [5.74, 6) is -13.3. The average Bonchev–Trinajstić information content (AvgIpc) is 3.42. The maximum Gasteiger partial charge on any atom is 0.329 e. The molecule has 0 aliphatic carbocycles. The van der Waals surface area contributed by atoms with Crippen molar-refractivity contribution >= 4 is 65.1 Å². The van der Waals surface area contributed by atoms with Crippen LogP contribution in [0.5, 0.6) is 0 Å². The highest BCUT2D eigenvalue weighted by molar-refractivity contribution is 5.99. The highest BCUT2D eigenvalue weighted by Gasteiger charge is 2.41. The van der Waals surface area contributed by atoms with E-state index in [1.807, 2.05) is 0 Å². The van der Waals surface area contributed by atoms with E-state index in [9.17, 15) is 73.2 Å². The Kier molecular flexibility index (Phi) is 34.2. The number of ether oxygens (including phenoxy) is 1. The molecule has 464 valence electrons. The summed E-state index contributed by atoms with van der Waals surface area (Å²) in [4.78, 5) is 153. The number of cyclic esters (lactones) is 1. The average molecular weight is 1150 g/mol. The van der Waals surface area contributed by atoms with Gasteiger partial charge in [-0.2, -0.15) is 0 Å². The molecule has 1 fully saturated rings. The number of carboxylic acid groups (broad SMARTS) is 1. The first-order chi connectivity index (χ1) is 38.0. The van der Waals surface area contributed by atoms with Gasteiger partial charge in [0, 0.05) is 6.42 Å². The van der Waals surface area contributed by atoms with E-state index in [-0.39, 0.29) is 56.3 Å². The molecular weight excluding hydrogens is 1050 g/mol. The molecule has 3 unspecified atom stereocenters. The van der Waals surface area contributed by atoms with Crippen molar-refractivity contribution < 1.29 is 77.9 Å². The summed E-state index contributed by atoms with van der Waals surface area (Å²) in [5.41, 5.74) is 0. The van der Waals surface area contributed by atoms with E-state index in [0.717, 1.165) is 32.1 Å². The van der Waals surface area contributed by atoms with Crippen LogP contribution in [0.3, 0.4) is 0 Å². The summed E-state index contributed by atoms with van der Waals surface area (Å²) in [6.45, 7) is 18.5. The van der Waals surface area contributed by atoms with E-state index in [0.29, 0.717) is 12.8 Å². The molecule has 1 aliphatic rings. The summed E-state index contributed by atoms with van der Waals surface area (Å²) in [7, 11) is 0. The smallest absolute Gasteiger partial charge is 0.329 e. The van der Waals surface area contributed by atoms with E-state index in [2.05, 4.69) is 54.8 Å². The molecule has 0 spiro atoms. The number of rotatable bonds is 29. The van der Waals surface area contributed by atoms with Gasteiger partial charge in [0.1, 0.15) is 60.5 Å². The SMILES string of the molecule is CCCCCCCC[C@@H](O)CC(=O)N[C@@H](CC(C)C)C(=O)N[C@H](CCC(=O)O)C(=O)NC1C(=O)NC([C@H](C)CC)C(=O)N[C@@H](CC(C)C)C(=O)N[C@H](CO)C(=O)N[C@@H](CC(C)C)C(=O)N[C@H](CO)C(=O)NC([C@@H](C)CC)C(=O)O[C@@H]1C. The zero-order valence-corrected chi connectivity index (χ0v) is 49.9. The molecule has 0 bridgehead atoms. The van der Waals surface area contributed by atoms with Crippen molar-refractivity contribution in [3.05, 3.63) is 0 Å². The van der Waals surface area contributed by atoms with E-state index >= 15 is 0 Å². The number of hydrogen-bond donors (Lipinski definition) is 13. The lowest BCUT2D eigenvalue weighted by Crippen LogP contribution is -2.64. The van der Waals surface area contributed by atoms with Crippen LogP contribution >= 0.6 is 0 Å². The summed E-state index contributed by atoms with van der Waals surface area (Å²) >= 11 is 0. The van der Waals surface area contributed by atoms with E-state index in [4.69, 9.17) is 4.74 Å². The van der Waals surface area contributed by atoms with Crippen molar-refractivity contribution in [2.24, 2.45) is 29.6 Å². The first-order valence-corrected chi connectivity index (χ1v) is 29.1. The quantitative estimate of drug-likeness (QED) is 0.0365. The fourth-order valence-corrected chi connectivity index (χ4v) is 8.96. The van der Waals surface area contributed by atoms with Gasteiger partial charge in [-0.3, -0.25) is 47.9 Å². The zero-order chi connectivity index (χ0) is 61.7. The number of nitrogens with one attached hydrogen (secondary N) is 9. The van der Waals surface area contributed by atoms with Gasteiger partial charge in [-0.25, -0.2) is 4.79 Å². The van der Waals surface area contributed by atoms with E-state index < -0.39 is 170 Å². The molecule has 1 saturated heterocycles. The normalized spacial score (nSPS) is 24.0. The first-order valence-electron chi connectivity index (χ1n) is 29.1. The molecular formula is C56H99N9O16. The number of unbranched alkanes of at least 4 members (excludes halogenated alkanes) is 5. The van der Waals surface area contributed by atoms with Gasteiger partial charge in [0.25, 0.3) is 0 Å². The summed E-state index contributed by atoms with van der Waals surface area (Å²) in [6.07, 6.45) is 2.51. The lowest BCUT2D eigenvalue weighted by Gasteiger charge is -2.32. The third kappa shape index (κ3) is 27.1. The minimum atomic E-state index is -1.95. The minimum Gasteiger partial charge on any atom is -0.481 e. The fourth-order valence-electron chi connectivity index (χ4n) is 8.96. The van der Waals surface area contributed by atoms with Crippen LogP contribution in [0.2, 0.25) is 0 Å². The van der Waals surface area contributed by atoms with Gasteiger partial charge >= 0.3 is 11.9 Å². The number of amides is 9. The third-order valence-electron chi connectivity index (χ3n) is 14.2. The number of carboxylic acids is 1. The molecule has 0 aromatic heterocycles. The molecule has 13 N–H and O–H groups in total. The van der Waals surface area contributed by atoms with Crippen LogP contribution in [0.4, 0.5) is 0 Å². The van der Waals surface area contributed by atoms with Crippen LogP contribution in [0.1, 0.15) is 179 Å². The topological polar surface area (TPSA) is 386 Å². The summed E-state index contributed by atoms with van der Waals surface area (Å²) in [5, 5.41) is 63.8. The van der Waals surface area contributed by atoms with Gasteiger partial charge in [0.15, 0.2) is 0 Å². The summed E-state index contributed by atoms with van der Waals surface area (Å²) < 4.78 is 5.85. The van der Waals surface area contributed by atoms with Crippen molar-refractivity contribution in [1.82, 2.24) is 47.9 Å². The van der Waals surface area contributed by atoms with Crippen molar-refractivity contribution in [3.63, 3.8) is 0 Å². The molecule has 81 heavy (non-hydrogen) atoms. The zero-order valence-electron chi connectivity index (χ0n) is 49.9. The Hall–Kier alpha value is -5.95. The number of aliphatic carboxylic acids is 1. The Morgan fingerprint density at radius 1 is 0.556 bits per heavy atom. The number of esters is 1. The standard InChI is InChI=1S/C56H99N9O16/c1-13-16-17-18-19-20-21-36(68)27-43(69)57-38(24-30(4)5)49(73)58-37(22-23-44(70)71)48(72)65-47-35(12)81-56(80)46(34(11)15-3)64-53(77)42(29-67)62-50(74)39(25-31(6)7)59-52(76)41(28-66)61-51(75)40(26-32(8)9)60-54(78)45(33(10)14-2)63-55(47)79/h30-42,45-47,66-68H,13-29H2,1-12H3,(H,57,69)(H,58,73)(H,59,76)(H,60,78)(H,61,75)(H,62,74)(H,63,79)(H,64,77)(H,65,72)(H,70,71)/t33-,34+,35-,36-,37-,38+,39+,40+,41-,42-,45?,46?,47?/m1/s1. The van der Waals surface area contributed by atoms with Crippen LogP contribution in [0.15, 0.2) is 0 Å². The van der Waals surface area contributed by atoms with Gasteiger partial charge < -0.3 is 73.0 Å². The van der Waals surface area contributed by atoms with Crippen molar-refractivity contribution in [1.29, 1.82) is 0 Å². The number of hydrogen-bond acceptors (Lipinski definition) is 15. The Balaban J connectivity index is 4.01. The van der Waals surface area contributed by atoms with Crippen LogP contribution in [-0.4, -0.2) is 165 Å². The lowest BCUT2D eigenvalue weighted by molar-refractivity contribution is -0.158. The predicted octanol–water partition coefficient (Wildman–Crippen LogP) is 0.876. The maximum absolute atomic E-state index is 14.8. The molecule has 1 heterocycles. The van der Waals surface area contributed by atoms with E-state index in [1.165, 1.54) is 6.92 Å². The number of aliphatic hydroxyl groups excluding tert-OH is 3. The second-order valence-corrected chi connectivity index (χ2v) is 22.9. The second kappa shape index (κ2) is 37.9. The molecule has 1 rings (SSSR count). The fraction of sp³-hybridized carbons (Fsp3) is 0.804. The second-order valence-electron chi connectivity index (χ2n) is 22.9. The molecule has 25 heteroatoms. The largest absolute Gasteiger partial charge is 0.481 e. The first kappa shape index (κ1) is 73.1. The van der Waals surface area contributed by atoms with E-state index in [1.54, 1.807) is 69.2 Å². The van der Waals surface area contributed by atoms with Gasteiger partial charge in [-0.15, -0.1) is 0 Å². The molecule has 0 saturated carbocycles. The molecule has 25 nitrogen and oxygen atoms in total. The lowest BCUT2D eigenvalue weighted by atomic mass is 9.96. The van der Waals surface area contributed by atoms with Crippen LogP contribution in [0.25, 0.3) is 0 Å². The third-order valence-corrected chi connectivity index (χ3v) is 14.2. The van der Waals surface area contributed by atoms with Gasteiger partial charge in [-0.05, 0) is 68.6 Å². The Morgan fingerprint density at radius 2 is 1.02 bits per heavy atom. The Bertz CT molecular complexity index is 2060. The minimum absolute atomic E-state index is 0.00956. The highest BCUT2D eigenvalue weighted by atomic mass is 16.5. The monoisotopic (exact) mass is 1150 g/mol. The van der Waals surface area contributed by atoms with Crippen molar-refractivity contribution in [3.8, 4) is 0 Å². The molecule has 0 radical (unpaired) electrons. The van der Waals surface area contributed by atoms with Crippen LogP contribution in [-0.2, 0) is 57.5 Å². The van der Waals surface area contributed by atoms with Crippen molar-refractivity contribution in [2.75, 3.05) is 13.2 Å². The summed E-state index contributed by atoms with van der Waals surface area (Å²) in [6, 6.07) is -14.1. The number of carbonyl (C=O) groups excluding carboxylic acids is 10. The predicted molar refractivity (Wildman–Crippen MR) is 300 cm³/mol. The molecule has 0 aromatic carbocycles. The van der Waals surface area contributed by atoms with Crippen molar-refractivity contribution in [2.45, 2.75) is 246 Å². The molecule has 1 aliphatic heterocycles. The van der Waals surface area contributed by atoms with Gasteiger partial charge in [0.05, 0.1) is 25.7 Å². The number of aliphatic hydroxyl groups is 3.